The number of pyridine rings is 1. The van der Waals surface area contributed by atoms with Crippen LogP contribution in [0.5, 0.6) is 11.8 Å². The van der Waals surface area contributed by atoms with Crippen molar-refractivity contribution in [3.8, 4) is 11.8 Å². The van der Waals surface area contributed by atoms with Crippen molar-refractivity contribution in [2.24, 2.45) is 5.92 Å². The molecule has 0 saturated carbocycles. The number of carbonyl (C=O) groups is 1. The number of halogens is 2. The zero-order valence-corrected chi connectivity index (χ0v) is 22.8. The second-order valence-corrected chi connectivity index (χ2v) is 9.56. The SMILES string of the molecule is CCC/C(C)=C(\C(=O)C(C)C)C1=C(CC)c2c(cnc(Oc3nc(Cl)ncc3COCC)c2F)CC1. The van der Waals surface area contributed by atoms with Crippen LogP contribution in [0.1, 0.15) is 83.9 Å². The molecule has 2 heterocycles. The smallest absolute Gasteiger partial charge is 0.258 e. The van der Waals surface area contributed by atoms with Crippen molar-refractivity contribution in [1.82, 2.24) is 15.0 Å². The molecule has 36 heavy (non-hydrogen) atoms. The zero-order chi connectivity index (χ0) is 26.4. The molecule has 194 valence electrons. The van der Waals surface area contributed by atoms with Crippen LogP contribution in [0.15, 0.2) is 29.1 Å². The minimum absolute atomic E-state index is 0.0200. The van der Waals surface area contributed by atoms with Crippen molar-refractivity contribution >= 4 is 23.0 Å². The number of aryl methyl sites for hydroxylation is 1. The molecule has 3 rings (SSSR count). The molecule has 0 atom stereocenters. The summed E-state index contributed by atoms with van der Waals surface area (Å²) in [7, 11) is 0. The molecule has 0 fully saturated rings. The Labute approximate surface area is 218 Å². The van der Waals surface area contributed by atoms with Gasteiger partial charge in [-0.05, 0) is 67.8 Å². The maximum absolute atomic E-state index is 16.1. The first-order valence-corrected chi connectivity index (χ1v) is 13.0. The molecule has 0 aliphatic heterocycles. The molecule has 0 unspecified atom stereocenters. The zero-order valence-electron chi connectivity index (χ0n) is 22.0. The number of hydrogen-bond donors (Lipinski definition) is 0. The Balaban J connectivity index is 2.15. The Morgan fingerprint density at radius 2 is 1.89 bits per heavy atom. The summed E-state index contributed by atoms with van der Waals surface area (Å²) in [5, 5.41) is -0.0200. The van der Waals surface area contributed by atoms with E-state index in [2.05, 4.69) is 21.9 Å². The number of hydrogen-bond acceptors (Lipinski definition) is 6. The van der Waals surface area contributed by atoms with Crippen molar-refractivity contribution in [2.75, 3.05) is 6.61 Å². The van der Waals surface area contributed by atoms with Crippen molar-refractivity contribution < 1.29 is 18.7 Å². The van der Waals surface area contributed by atoms with Gasteiger partial charge in [-0.25, -0.2) is 14.4 Å². The van der Waals surface area contributed by atoms with Crippen LogP contribution in [0.4, 0.5) is 4.39 Å². The van der Waals surface area contributed by atoms with Gasteiger partial charge in [0.05, 0.1) is 12.2 Å². The largest absolute Gasteiger partial charge is 0.417 e. The lowest BCUT2D eigenvalue weighted by Crippen LogP contribution is -2.19. The Hall–Kier alpha value is -2.64. The highest BCUT2D eigenvalue weighted by molar-refractivity contribution is 6.28. The molecular weight excluding hydrogens is 481 g/mol. The summed E-state index contributed by atoms with van der Waals surface area (Å²) in [6.45, 7) is 12.5. The number of Topliss-reactive ketones (excluding diaryl/α,β-unsaturated/α-hetero) is 1. The van der Waals surface area contributed by atoms with Crippen LogP contribution in [0, 0.1) is 11.7 Å². The first-order valence-electron chi connectivity index (χ1n) is 12.6. The van der Waals surface area contributed by atoms with Gasteiger partial charge >= 0.3 is 0 Å². The molecule has 0 saturated heterocycles. The van der Waals surface area contributed by atoms with E-state index in [1.54, 1.807) is 6.20 Å². The van der Waals surface area contributed by atoms with Gasteiger partial charge in [0.15, 0.2) is 11.6 Å². The predicted molar refractivity (Wildman–Crippen MR) is 140 cm³/mol. The number of ether oxygens (including phenoxy) is 2. The van der Waals surface area contributed by atoms with E-state index in [1.165, 1.54) is 6.20 Å². The van der Waals surface area contributed by atoms with Crippen molar-refractivity contribution in [1.29, 1.82) is 0 Å². The Morgan fingerprint density at radius 1 is 1.14 bits per heavy atom. The second kappa shape index (κ2) is 12.5. The third kappa shape index (κ3) is 6.01. The number of nitrogens with zero attached hydrogens (tertiary/aromatic N) is 3. The summed E-state index contributed by atoms with van der Waals surface area (Å²) in [6.07, 6.45) is 6.76. The number of aromatic nitrogens is 3. The van der Waals surface area contributed by atoms with Gasteiger partial charge in [-0.15, -0.1) is 0 Å². The van der Waals surface area contributed by atoms with Gasteiger partial charge in [-0.3, -0.25) is 4.79 Å². The normalized spacial score (nSPS) is 14.1. The van der Waals surface area contributed by atoms with E-state index >= 15 is 4.39 Å². The Morgan fingerprint density at radius 3 is 2.53 bits per heavy atom. The Bertz CT molecular complexity index is 1190. The maximum atomic E-state index is 16.1. The average molecular weight is 516 g/mol. The molecular formula is C28H35ClFN3O3. The molecule has 6 nitrogen and oxygen atoms in total. The summed E-state index contributed by atoms with van der Waals surface area (Å²) in [4.78, 5) is 25.7. The molecule has 2 aromatic rings. The van der Waals surface area contributed by atoms with E-state index in [4.69, 9.17) is 21.1 Å². The van der Waals surface area contributed by atoms with Crippen LogP contribution < -0.4 is 4.74 Å². The van der Waals surface area contributed by atoms with E-state index in [0.717, 1.165) is 40.7 Å². The molecule has 1 aliphatic carbocycles. The standard InChI is InChI=1S/C28H35ClFN3O3/c1-7-10-17(6)22(25(34)16(4)5)21-12-11-18-13-31-27(24(30)23(18)20(21)8-2)36-26-19(15-35-9-3)14-32-28(29)33-26/h13-14,16H,7-12,15H2,1-6H3/b22-17-. The number of fused-ring (bicyclic) bond motifs is 1. The van der Waals surface area contributed by atoms with Gasteiger partial charge in [-0.1, -0.05) is 39.7 Å². The third-order valence-electron chi connectivity index (χ3n) is 6.30. The van der Waals surface area contributed by atoms with Crippen molar-refractivity contribution in [3.05, 3.63) is 56.9 Å². The predicted octanol–water partition coefficient (Wildman–Crippen LogP) is 7.44. The summed E-state index contributed by atoms with van der Waals surface area (Å²) in [6, 6.07) is 0. The fraction of sp³-hybridized carbons (Fsp3) is 0.500. The lowest BCUT2D eigenvalue weighted by molar-refractivity contribution is -0.118. The van der Waals surface area contributed by atoms with Gasteiger partial charge in [0, 0.05) is 36.1 Å². The molecule has 0 radical (unpaired) electrons. The molecule has 0 amide bonds. The summed E-state index contributed by atoms with van der Waals surface area (Å²) in [5.74, 6) is -0.705. The summed E-state index contributed by atoms with van der Waals surface area (Å²) >= 11 is 5.98. The first-order chi connectivity index (χ1) is 17.2. The highest BCUT2D eigenvalue weighted by atomic mass is 35.5. The van der Waals surface area contributed by atoms with E-state index in [1.807, 2.05) is 34.6 Å². The molecule has 0 spiro atoms. The maximum Gasteiger partial charge on any atom is 0.258 e. The number of ketones is 1. The molecule has 0 aromatic carbocycles. The fourth-order valence-electron chi connectivity index (χ4n) is 4.59. The fourth-order valence-corrected chi connectivity index (χ4v) is 4.71. The average Bonchev–Trinajstić information content (AvgIpc) is 2.85. The van der Waals surface area contributed by atoms with Gasteiger partial charge in [0.2, 0.25) is 11.2 Å². The number of allylic oxidation sites excluding steroid dienone is 4. The monoisotopic (exact) mass is 515 g/mol. The number of rotatable bonds is 11. The van der Waals surface area contributed by atoms with E-state index in [-0.39, 0.29) is 35.4 Å². The molecule has 0 bridgehead atoms. The van der Waals surface area contributed by atoms with Crippen molar-refractivity contribution in [3.63, 3.8) is 0 Å². The molecule has 1 aliphatic rings. The van der Waals surface area contributed by atoms with Crippen LogP contribution in [0.3, 0.4) is 0 Å². The second-order valence-electron chi connectivity index (χ2n) is 9.22. The van der Waals surface area contributed by atoms with Crippen LogP contribution in [0.25, 0.3) is 5.57 Å². The van der Waals surface area contributed by atoms with Crippen LogP contribution in [-0.2, 0) is 22.6 Å². The van der Waals surface area contributed by atoms with E-state index in [9.17, 15) is 4.79 Å². The number of carbonyl (C=O) groups excluding carboxylic acids is 1. The topological polar surface area (TPSA) is 74.2 Å². The quantitative estimate of drug-likeness (QED) is 0.228. The molecule has 8 heteroatoms. The lowest BCUT2D eigenvalue weighted by atomic mass is 9.78. The van der Waals surface area contributed by atoms with Crippen LogP contribution in [-0.4, -0.2) is 27.3 Å². The summed E-state index contributed by atoms with van der Waals surface area (Å²) < 4.78 is 27.4. The van der Waals surface area contributed by atoms with Crippen LogP contribution >= 0.6 is 11.6 Å². The van der Waals surface area contributed by atoms with Gasteiger partial charge in [0.1, 0.15) is 0 Å². The van der Waals surface area contributed by atoms with E-state index in [0.29, 0.717) is 37.0 Å². The highest BCUT2D eigenvalue weighted by Crippen LogP contribution is 2.42. The van der Waals surface area contributed by atoms with Crippen LogP contribution in [0.2, 0.25) is 5.28 Å². The molecule has 0 N–H and O–H groups in total. The van der Waals surface area contributed by atoms with Gasteiger partial charge in [-0.2, -0.15) is 4.98 Å². The lowest BCUT2D eigenvalue weighted by Gasteiger charge is -2.27. The van der Waals surface area contributed by atoms with Crippen molar-refractivity contribution in [2.45, 2.75) is 80.3 Å². The van der Waals surface area contributed by atoms with Gasteiger partial charge in [0.25, 0.3) is 5.88 Å². The third-order valence-corrected chi connectivity index (χ3v) is 6.49. The van der Waals surface area contributed by atoms with E-state index < -0.39 is 5.82 Å². The minimum atomic E-state index is -0.567. The first kappa shape index (κ1) is 27.9. The Kier molecular flexibility index (Phi) is 9.74. The minimum Gasteiger partial charge on any atom is -0.417 e. The summed E-state index contributed by atoms with van der Waals surface area (Å²) in [5.41, 5.74) is 5.39. The highest BCUT2D eigenvalue weighted by Gasteiger charge is 2.30. The molecule has 2 aromatic heterocycles. The van der Waals surface area contributed by atoms with Gasteiger partial charge < -0.3 is 9.47 Å².